The molecule has 0 heterocycles. The Balaban J connectivity index is 1.92. The van der Waals surface area contributed by atoms with E-state index in [0.29, 0.717) is 12.6 Å². The standard InChI is InChI=1S/C14H19N3O2/c15-8-13(18)16-9-14(19)17(12-6-7-12)10-11-4-2-1-3-5-11/h1-5,12H,6-10,15H2,(H,16,18). The van der Waals surface area contributed by atoms with Gasteiger partial charge in [0, 0.05) is 12.6 Å². The van der Waals surface area contributed by atoms with Crippen molar-refractivity contribution < 1.29 is 9.59 Å². The fourth-order valence-electron chi connectivity index (χ4n) is 1.94. The van der Waals surface area contributed by atoms with Crippen molar-refractivity contribution >= 4 is 11.8 Å². The highest BCUT2D eigenvalue weighted by Gasteiger charge is 2.32. The molecule has 102 valence electrons. The van der Waals surface area contributed by atoms with Crippen molar-refractivity contribution in [2.24, 2.45) is 5.73 Å². The van der Waals surface area contributed by atoms with Crippen molar-refractivity contribution in [3.05, 3.63) is 35.9 Å². The van der Waals surface area contributed by atoms with Crippen molar-refractivity contribution in [1.29, 1.82) is 0 Å². The third kappa shape index (κ3) is 4.06. The average Bonchev–Trinajstić information content (AvgIpc) is 3.27. The molecule has 0 radical (unpaired) electrons. The predicted molar refractivity (Wildman–Crippen MR) is 72.1 cm³/mol. The lowest BCUT2D eigenvalue weighted by Gasteiger charge is -2.22. The van der Waals surface area contributed by atoms with Crippen LogP contribution in [0.3, 0.4) is 0 Å². The van der Waals surface area contributed by atoms with Crippen LogP contribution in [0.1, 0.15) is 18.4 Å². The van der Waals surface area contributed by atoms with Gasteiger partial charge in [-0.3, -0.25) is 9.59 Å². The fraction of sp³-hybridized carbons (Fsp3) is 0.429. The number of hydrogen-bond donors (Lipinski definition) is 2. The van der Waals surface area contributed by atoms with Crippen molar-refractivity contribution in [2.75, 3.05) is 13.1 Å². The first-order valence-corrected chi connectivity index (χ1v) is 6.51. The lowest BCUT2D eigenvalue weighted by molar-refractivity contribution is -0.133. The molecule has 19 heavy (non-hydrogen) atoms. The second-order valence-electron chi connectivity index (χ2n) is 4.72. The summed E-state index contributed by atoms with van der Waals surface area (Å²) in [7, 11) is 0. The molecule has 1 saturated carbocycles. The van der Waals surface area contributed by atoms with E-state index in [1.54, 1.807) is 0 Å². The maximum atomic E-state index is 12.1. The van der Waals surface area contributed by atoms with E-state index in [1.807, 2.05) is 35.2 Å². The molecule has 5 nitrogen and oxygen atoms in total. The van der Waals surface area contributed by atoms with Crippen LogP contribution in [0.15, 0.2) is 30.3 Å². The lowest BCUT2D eigenvalue weighted by atomic mass is 10.2. The van der Waals surface area contributed by atoms with Gasteiger partial charge in [0.1, 0.15) is 0 Å². The molecule has 0 bridgehead atoms. The molecule has 0 spiro atoms. The minimum atomic E-state index is -0.302. The molecule has 1 aliphatic carbocycles. The summed E-state index contributed by atoms with van der Waals surface area (Å²) in [6, 6.07) is 10.2. The molecule has 0 saturated heterocycles. The van der Waals surface area contributed by atoms with Gasteiger partial charge >= 0.3 is 0 Å². The Morgan fingerprint density at radius 1 is 1.26 bits per heavy atom. The Morgan fingerprint density at radius 2 is 1.95 bits per heavy atom. The van der Waals surface area contributed by atoms with E-state index in [0.717, 1.165) is 18.4 Å². The van der Waals surface area contributed by atoms with Crippen LogP contribution in [0.4, 0.5) is 0 Å². The number of rotatable bonds is 6. The van der Waals surface area contributed by atoms with Crippen LogP contribution in [-0.2, 0) is 16.1 Å². The molecule has 0 unspecified atom stereocenters. The molecule has 1 aliphatic rings. The van der Waals surface area contributed by atoms with Crippen LogP contribution < -0.4 is 11.1 Å². The Hall–Kier alpha value is -1.88. The van der Waals surface area contributed by atoms with E-state index >= 15 is 0 Å². The first-order chi connectivity index (χ1) is 9.20. The molecule has 0 aromatic heterocycles. The van der Waals surface area contributed by atoms with Gasteiger partial charge in [-0.2, -0.15) is 0 Å². The highest BCUT2D eigenvalue weighted by molar-refractivity contribution is 5.85. The van der Waals surface area contributed by atoms with Crippen molar-refractivity contribution in [3.63, 3.8) is 0 Å². The smallest absolute Gasteiger partial charge is 0.242 e. The molecule has 3 N–H and O–H groups in total. The van der Waals surface area contributed by atoms with E-state index < -0.39 is 0 Å². The maximum absolute atomic E-state index is 12.1. The number of benzene rings is 1. The van der Waals surface area contributed by atoms with Gasteiger partial charge in [-0.1, -0.05) is 30.3 Å². The number of nitrogens with two attached hydrogens (primary N) is 1. The van der Waals surface area contributed by atoms with E-state index in [1.165, 1.54) is 0 Å². The minimum Gasteiger partial charge on any atom is -0.346 e. The fourth-order valence-corrected chi connectivity index (χ4v) is 1.94. The van der Waals surface area contributed by atoms with Crippen LogP contribution in [0.25, 0.3) is 0 Å². The van der Waals surface area contributed by atoms with Gasteiger partial charge in [0.25, 0.3) is 0 Å². The molecular weight excluding hydrogens is 242 g/mol. The zero-order valence-corrected chi connectivity index (χ0v) is 10.8. The second-order valence-corrected chi connectivity index (χ2v) is 4.72. The summed E-state index contributed by atoms with van der Waals surface area (Å²) < 4.78 is 0. The molecule has 0 atom stereocenters. The minimum absolute atomic E-state index is 0.0271. The number of nitrogens with one attached hydrogen (secondary N) is 1. The summed E-state index contributed by atoms with van der Waals surface area (Å²) in [5.41, 5.74) is 6.30. The van der Waals surface area contributed by atoms with E-state index in [4.69, 9.17) is 5.73 Å². The SMILES string of the molecule is NCC(=O)NCC(=O)N(Cc1ccccc1)C1CC1. The quantitative estimate of drug-likeness (QED) is 0.771. The van der Waals surface area contributed by atoms with Crippen molar-refractivity contribution in [2.45, 2.75) is 25.4 Å². The van der Waals surface area contributed by atoms with Crippen LogP contribution in [-0.4, -0.2) is 35.8 Å². The topological polar surface area (TPSA) is 75.4 Å². The molecule has 1 aromatic rings. The maximum Gasteiger partial charge on any atom is 0.242 e. The van der Waals surface area contributed by atoms with Gasteiger partial charge in [0.15, 0.2) is 0 Å². The van der Waals surface area contributed by atoms with Gasteiger partial charge in [-0.15, -0.1) is 0 Å². The molecule has 5 heteroatoms. The summed E-state index contributed by atoms with van der Waals surface area (Å²) >= 11 is 0. The van der Waals surface area contributed by atoms with Crippen LogP contribution in [0.5, 0.6) is 0 Å². The summed E-state index contributed by atoms with van der Waals surface area (Å²) in [4.78, 5) is 25.0. The Bertz CT molecular complexity index is 443. The average molecular weight is 261 g/mol. The first-order valence-electron chi connectivity index (χ1n) is 6.51. The monoisotopic (exact) mass is 261 g/mol. The highest BCUT2D eigenvalue weighted by atomic mass is 16.2. The summed E-state index contributed by atoms with van der Waals surface area (Å²) in [6.45, 7) is 0.539. The first kappa shape index (κ1) is 13.5. The van der Waals surface area contributed by atoms with Crippen LogP contribution in [0.2, 0.25) is 0 Å². The van der Waals surface area contributed by atoms with Gasteiger partial charge in [0.2, 0.25) is 11.8 Å². The van der Waals surface area contributed by atoms with E-state index in [-0.39, 0.29) is 24.9 Å². The summed E-state index contributed by atoms with van der Waals surface area (Å²) in [5.74, 6) is -0.350. The molecule has 2 rings (SSSR count). The van der Waals surface area contributed by atoms with Gasteiger partial charge < -0.3 is 16.0 Å². The molecular formula is C14H19N3O2. The number of amides is 2. The van der Waals surface area contributed by atoms with E-state index in [2.05, 4.69) is 5.32 Å². The third-order valence-electron chi connectivity index (χ3n) is 3.13. The third-order valence-corrected chi connectivity index (χ3v) is 3.13. The van der Waals surface area contributed by atoms with Gasteiger partial charge in [-0.25, -0.2) is 0 Å². The number of carbonyl (C=O) groups excluding carboxylic acids is 2. The largest absolute Gasteiger partial charge is 0.346 e. The summed E-state index contributed by atoms with van der Waals surface area (Å²) in [6.07, 6.45) is 2.09. The Labute approximate surface area is 112 Å². The zero-order chi connectivity index (χ0) is 13.7. The van der Waals surface area contributed by atoms with Crippen molar-refractivity contribution in [1.82, 2.24) is 10.2 Å². The number of carbonyl (C=O) groups is 2. The molecule has 2 amide bonds. The molecule has 1 fully saturated rings. The van der Waals surface area contributed by atoms with Crippen LogP contribution in [0, 0.1) is 0 Å². The second kappa shape index (κ2) is 6.33. The van der Waals surface area contributed by atoms with E-state index in [9.17, 15) is 9.59 Å². The highest BCUT2D eigenvalue weighted by Crippen LogP contribution is 2.28. The number of hydrogen-bond acceptors (Lipinski definition) is 3. The zero-order valence-electron chi connectivity index (χ0n) is 10.8. The lowest BCUT2D eigenvalue weighted by Crippen LogP contribution is -2.42. The number of nitrogens with zero attached hydrogens (tertiary/aromatic N) is 1. The normalized spacial score (nSPS) is 13.9. The predicted octanol–water partition coefficient (Wildman–Crippen LogP) is 0.252. The van der Waals surface area contributed by atoms with Gasteiger partial charge in [0.05, 0.1) is 13.1 Å². The molecule has 1 aromatic carbocycles. The Kier molecular flexibility index (Phi) is 4.52. The molecule has 0 aliphatic heterocycles. The van der Waals surface area contributed by atoms with Crippen molar-refractivity contribution in [3.8, 4) is 0 Å². The summed E-state index contributed by atoms with van der Waals surface area (Å²) in [5, 5.41) is 2.53. The van der Waals surface area contributed by atoms with Crippen LogP contribution >= 0.6 is 0 Å². The Morgan fingerprint density at radius 3 is 2.53 bits per heavy atom. The van der Waals surface area contributed by atoms with Gasteiger partial charge in [-0.05, 0) is 18.4 Å².